The Hall–Kier alpha value is -2.27. The predicted molar refractivity (Wildman–Crippen MR) is 88.8 cm³/mol. The lowest BCUT2D eigenvalue weighted by atomic mass is 10.1. The number of hydrogen-bond donors (Lipinski definition) is 3. The van der Waals surface area contributed by atoms with Crippen molar-refractivity contribution in [3.05, 3.63) is 52.5 Å². The summed E-state index contributed by atoms with van der Waals surface area (Å²) in [5, 5.41) is 19.2. The third-order valence-corrected chi connectivity index (χ3v) is 4.04. The molecule has 0 fully saturated rings. The van der Waals surface area contributed by atoms with Crippen molar-refractivity contribution in [1.29, 1.82) is 5.41 Å². The highest BCUT2D eigenvalue weighted by Crippen LogP contribution is 2.38. The van der Waals surface area contributed by atoms with Crippen LogP contribution in [-0.2, 0) is 0 Å². The smallest absolute Gasteiger partial charge is 0.197 e. The molecule has 0 aliphatic carbocycles. The van der Waals surface area contributed by atoms with Crippen LogP contribution in [0.4, 0.5) is 0 Å². The van der Waals surface area contributed by atoms with E-state index in [-0.39, 0.29) is 11.7 Å². The third kappa shape index (κ3) is 2.19. The van der Waals surface area contributed by atoms with E-state index in [0.29, 0.717) is 15.7 Å². The van der Waals surface area contributed by atoms with Crippen LogP contribution in [0.5, 0.6) is 5.75 Å². The predicted octanol–water partition coefficient (Wildman–Crippen LogP) is 3.83. The molecular formula is C16H14BrN3O. The van der Waals surface area contributed by atoms with E-state index in [0.717, 1.165) is 16.5 Å². The summed E-state index contributed by atoms with van der Waals surface area (Å²) in [5.74, 6) is 0.0640. The van der Waals surface area contributed by atoms with Gasteiger partial charge in [-0.05, 0) is 52.7 Å². The first-order valence-corrected chi connectivity index (χ1v) is 7.22. The van der Waals surface area contributed by atoms with E-state index < -0.39 is 0 Å². The maximum absolute atomic E-state index is 10.3. The Morgan fingerprint density at radius 2 is 1.95 bits per heavy atom. The van der Waals surface area contributed by atoms with Crippen LogP contribution < -0.4 is 5.73 Å². The van der Waals surface area contributed by atoms with Gasteiger partial charge in [0.1, 0.15) is 5.75 Å². The molecule has 1 aromatic heterocycles. The van der Waals surface area contributed by atoms with Crippen LogP contribution in [0.25, 0.3) is 22.2 Å². The van der Waals surface area contributed by atoms with Gasteiger partial charge in [0.05, 0.1) is 15.7 Å². The van der Waals surface area contributed by atoms with Crippen molar-refractivity contribution in [2.75, 3.05) is 0 Å². The van der Waals surface area contributed by atoms with Crippen LogP contribution in [0, 0.1) is 12.3 Å². The van der Waals surface area contributed by atoms with Gasteiger partial charge < -0.3 is 10.8 Å². The maximum Gasteiger partial charge on any atom is 0.197 e. The van der Waals surface area contributed by atoms with Crippen molar-refractivity contribution < 1.29 is 5.11 Å². The summed E-state index contributed by atoms with van der Waals surface area (Å²) in [7, 11) is 0. The zero-order valence-corrected chi connectivity index (χ0v) is 13.0. The molecule has 0 unspecified atom stereocenters. The summed E-state index contributed by atoms with van der Waals surface area (Å²) in [6.07, 6.45) is 0. The van der Waals surface area contributed by atoms with Gasteiger partial charge in [0.15, 0.2) is 5.96 Å². The van der Waals surface area contributed by atoms with E-state index in [1.54, 1.807) is 4.57 Å². The van der Waals surface area contributed by atoms with Gasteiger partial charge in [-0.15, -0.1) is 0 Å². The van der Waals surface area contributed by atoms with Crippen LogP contribution in [0.15, 0.2) is 46.9 Å². The number of nitrogens with one attached hydrogen (secondary N) is 1. The number of rotatable bonds is 1. The van der Waals surface area contributed by atoms with Gasteiger partial charge in [0, 0.05) is 10.9 Å². The quantitative estimate of drug-likeness (QED) is 0.464. The van der Waals surface area contributed by atoms with Crippen LogP contribution in [0.1, 0.15) is 5.56 Å². The summed E-state index contributed by atoms with van der Waals surface area (Å²) in [6.45, 7) is 1.95. The van der Waals surface area contributed by atoms with Crippen molar-refractivity contribution in [3.8, 4) is 17.0 Å². The Bertz CT molecular complexity index is 867. The van der Waals surface area contributed by atoms with Gasteiger partial charge in [-0.3, -0.25) is 9.98 Å². The SMILES string of the molecule is Cc1cc(Br)c(O)c(-c2cc3ccccc3n2C(=N)N)c1. The lowest BCUT2D eigenvalue weighted by Crippen LogP contribution is -2.21. The number of aryl methyl sites for hydroxylation is 1. The second kappa shape index (κ2) is 4.93. The highest BCUT2D eigenvalue weighted by Gasteiger charge is 2.17. The number of nitrogens with two attached hydrogens (primary N) is 1. The molecule has 0 spiro atoms. The van der Waals surface area contributed by atoms with Gasteiger partial charge in [-0.1, -0.05) is 18.2 Å². The minimum Gasteiger partial charge on any atom is -0.506 e. The first-order valence-electron chi connectivity index (χ1n) is 6.43. The molecule has 4 N–H and O–H groups in total. The second-order valence-corrected chi connectivity index (χ2v) is 5.81. The Kier molecular flexibility index (Phi) is 3.22. The van der Waals surface area contributed by atoms with Crippen molar-refractivity contribution in [2.24, 2.45) is 5.73 Å². The molecule has 3 rings (SSSR count). The molecule has 3 aromatic rings. The summed E-state index contributed by atoms with van der Waals surface area (Å²) >= 11 is 3.36. The fourth-order valence-corrected chi connectivity index (χ4v) is 3.12. The Labute approximate surface area is 130 Å². The lowest BCUT2D eigenvalue weighted by Gasteiger charge is -2.12. The normalized spacial score (nSPS) is 11.0. The molecule has 21 heavy (non-hydrogen) atoms. The number of aromatic nitrogens is 1. The molecular weight excluding hydrogens is 330 g/mol. The number of phenolic OH excluding ortho intramolecular Hbond substituents is 1. The summed E-state index contributed by atoms with van der Waals surface area (Å²) in [4.78, 5) is 0. The molecule has 106 valence electrons. The zero-order valence-electron chi connectivity index (χ0n) is 11.4. The molecule has 0 aliphatic heterocycles. The molecule has 4 nitrogen and oxygen atoms in total. The molecule has 5 heteroatoms. The number of phenols is 1. The van der Waals surface area contributed by atoms with E-state index in [1.807, 2.05) is 49.4 Å². The van der Waals surface area contributed by atoms with Crippen molar-refractivity contribution in [3.63, 3.8) is 0 Å². The first-order chi connectivity index (χ1) is 9.99. The fourth-order valence-electron chi connectivity index (χ4n) is 2.54. The minimum absolute atomic E-state index is 0.0803. The largest absolute Gasteiger partial charge is 0.506 e. The summed E-state index contributed by atoms with van der Waals surface area (Å²) < 4.78 is 2.26. The molecule has 0 saturated heterocycles. The topological polar surface area (TPSA) is 75.0 Å². The van der Waals surface area contributed by atoms with E-state index in [4.69, 9.17) is 11.1 Å². The summed E-state index contributed by atoms with van der Waals surface area (Å²) in [6, 6.07) is 13.4. The molecule has 2 aromatic carbocycles. The maximum atomic E-state index is 10.3. The molecule has 0 saturated carbocycles. The third-order valence-electron chi connectivity index (χ3n) is 3.44. The highest BCUT2D eigenvalue weighted by molar-refractivity contribution is 9.10. The van der Waals surface area contributed by atoms with E-state index in [2.05, 4.69) is 15.9 Å². The van der Waals surface area contributed by atoms with Crippen LogP contribution in [0.3, 0.4) is 0 Å². The van der Waals surface area contributed by atoms with Crippen molar-refractivity contribution in [2.45, 2.75) is 6.92 Å². The number of halogens is 1. The van der Waals surface area contributed by atoms with Crippen LogP contribution in [0.2, 0.25) is 0 Å². The molecule has 0 bridgehead atoms. The average molecular weight is 344 g/mol. The monoisotopic (exact) mass is 343 g/mol. The number of para-hydroxylation sites is 1. The van der Waals surface area contributed by atoms with E-state index >= 15 is 0 Å². The fraction of sp³-hybridized carbons (Fsp3) is 0.0625. The van der Waals surface area contributed by atoms with Gasteiger partial charge in [0.2, 0.25) is 0 Å². The average Bonchev–Trinajstić information content (AvgIpc) is 2.82. The van der Waals surface area contributed by atoms with Crippen molar-refractivity contribution in [1.82, 2.24) is 4.57 Å². The van der Waals surface area contributed by atoms with Crippen LogP contribution >= 0.6 is 15.9 Å². The Morgan fingerprint density at radius 1 is 1.24 bits per heavy atom. The molecule has 0 amide bonds. The number of hydrogen-bond acceptors (Lipinski definition) is 2. The summed E-state index contributed by atoms with van der Waals surface area (Å²) in [5.41, 5.74) is 8.94. The molecule has 0 atom stereocenters. The Balaban J connectivity index is 2.40. The van der Waals surface area contributed by atoms with E-state index in [9.17, 15) is 5.11 Å². The zero-order chi connectivity index (χ0) is 15.1. The highest BCUT2D eigenvalue weighted by atomic mass is 79.9. The Morgan fingerprint density at radius 3 is 2.67 bits per heavy atom. The standard InChI is InChI=1S/C16H14BrN3O/c1-9-6-11(15(21)12(17)7-9)14-8-10-4-2-3-5-13(10)20(14)16(18)19/h2-8,21H,1H3,(H3,18,19). The number of nitrogens with zero attached hydrogens (tertiary/aromatic N) is 1. The van der Waals surface area contributed by atoms with Crippen molar-refractivity contribution >= 4 is 32.8 Å². The second-order valence-electron chi connectivity index (χ2n) is 4.95. The molecule has 0 aliphatic rings. The molecule has 1 heterocycles. The minimum atomic E-state index is -0.0803. The van der Waals surface area contributed by atoms with Gasteiger partial charge >= 0.3 is 0 Å². The van der Waals surface area contributed by atoms with Gasteiger partial charge in [-0.2, -0.15) is 0 Å². The number of aromatic hydroxyl groups is 1. The number of nitrogen functional groups attached to an aromatic ring is 1. The lowest BCUT2D eigenvalue weighted by molar-refractivity contribution is 0.473. The van der Waals surface area contributed by atoms with Crippen LogP contribution in [-0.4, -0.2) is 15.6 Å². The number of benzene rings is 2. The molecule has 0 radical (unpaired) electrons. The number of fused-ring (bicyclic) bond motifs is 1. The van der Waals surface area contributed by atoms with Gasteiger partial charge in [0.25, 0.3) is 0 Å². The first kappa shape index (κ1) is 13.7. The van der Waals surface area contributed by atoms with E-state index in [1.165, 1.54) is 0 Å². The van der Waals surface area contributed by atoms with Gasteiger partial charge in [-0.25, -0.2) is 0 Å².